The van der Waals surface area contributed by atoms with Gasteiger partial charge in [-0.1, -0.05) is 6.07 Å². The summed E-state index contributed by atoms with van der Waals surface area (Å²) in [6, 6.07) is 7.91. The molecular weight excluding hydrogens is 301 g/mol. The van der Waals surface area contributed by atoms with Crippen molar-refractivity contribution < 1.29 is 9.18 Å². The maximum absolute atomic E-state index is 14.0. The number of aromatic nitrogens is 4. The lowest BCUT2D eigenvalue weighted by Crippen LogP contribution is -2.16. The van der Waals surface area contributed by atoms with Crippen LogP contribution in [0.3, 0.4) is 0 Å². The first-order chi connectivity index (χ1) is 11.0. The highest BCUT2D eigenvalue weighted by atomic mass is 19.1. The predicted octanol–water partition coefficient (Wildman–Crippen LogP) is 1.23. The molecule has 0 fully saturated rings. The molecule has 8 nitrogen and oxygen atoms in total. The normalized spacial score (nSPS) is 10.5. The van der Waals surface area contributed by atoms with Gasteiger partial charge in [-0.15, -0.1) is 0 Å². The van der Waals surface area contributed by atoms with Gasteiger partial charge in [0, 0.05) is 5.69 Å². The lowest BCUT2D eigenvalue weighted by Gasteiger charge is -2.10. The second-order valence-electron chi connectivity index (χ2n) is 4.61. The number of halogens is 1. The van der Waals surface area contributed by atoms with E-state index >= 15 is 0 Å². The molecule has 0 bridgehead atoms. The molecular formula is C14H12FN7O. The maximum Gasteiger partial charge on any atom is 0.252 e. The third kappa shape index (κ3) is 2.93. The van der Waals surface area contributed by atoms with E-state index in [0.717, 1.165) is 6.07 Å². The van der Waals surface area contributed by atoms with E-state index in [1.54, 1.807) is 36.7 Å². The quantitative estimate of drug-likeness (QED) is 0.665. The Hall–Kier alpha value is -3.49. The summed E-state index contributed by atoms with van der Waals surface area (Å²) in [4.78, 5) is 16.4. The molecule has 2 heterocycles. The molecule has 3 rings (SSSR count). The monoisotopic (exact) mass is 313 g/mol. The SMILES string of the molecule is NC(=O)c1cc(F)c(Nc2cccc(-n3nccn3)c2)nc1N. The van der Waals surface area contributed by atoms with E-state index in [9.17, 15) is 9.18 Å². The van der Waals surface area contributed by atoms with Crippen LogP contribution < -0.4 is 16.8 Å². The topological polar surface area (TPSA) is 125 Å². The van der Waals surface area contributed by atoms with Crippen molar-refractivity contribution >= 4 is 23.2 Å². The number of nitrogens with zero attached hydrogens (tertiary/aromatic N) is 4. The van der Waals surface area contributed by atoms with Gasteiger partial charge in [-0.25, -0.2) is 9.37 Å². The molecule has 0 atom stereocenters. The van der Waals surface area contributed by atoms with E-state index in [4.69, 9.17) is 11.5 Å². The molecule has 5 N–H and O–H groups in total. The molecule has 0 radical (unpaired) electrons. The van der Waals surface area contributed by atoms with E-state index in [-0.39, 0.29) is 17.2 Å². The number of carbonyl (C=O) groups excluding carboxylic acids is 1. The van der Waals surface area contributed by atoms with Gasteiger partial charge in [0.1, 0.15) is 5.82 Å². The fraction of sp³-hybridized carbons (Fsp3) is 0. The molecule has 116 valence electrons. The number of pyridine rings is 1. The molecule has 0 aliphatic rings. The molecule has 0 saturated heterocycles. The summed E-state index contributed by atoms with van der Waals surface area (Å²) in [6.07, 6.45) is 3.09. The standard InChI is InChI=1S/C14H12FN7O/c15-11-7-10(13(17)23)12(16)21-14(11)20-8-2-1-3-9(6-8)22-18-4-5-19-22/h1-7H,(H2,17,23)(H3,16,20,21). The third-order valence-electron chi connectivity index (χ3n) is 3.03. The number of amides is 1. The van der Waals surface area contributed by atoms with Gasteiger partial charge in [0.15, 0.2) is 11.6 Å². The van der Waals surface area contributed by atoms with Crippen LogP contribution in [-0.4, -0.2) is 25.9 Å². The largest absolute Gasteiger partial charge is 0.383 e. The Kier molecular flexibility index (Phi) is 3.59. The second-order valence-corrected chi connectivity index (χ2v) is 4.61. The number of benzene rings is 1. The minimum Gasteiger partial charge on any atom is -0.383 e. The van der Waals surface area contributed by atoms with Crippen molar-refractivity contribution in [1.82, 2.24) is 20.0 Å². The van der Waals surface area contributed by atoms with Crippen LogP contribution in [0, 0.1) is 5.82 Å². The van der Waals surface area contributed by atoms with Gasteiger partial charge in [0.2, 0.25) is 0 Å². The molecule has 0 unspecified atom stereocenters. The van der Waals surface area contributed by atoms with Crippen LogP contribution in [0.25, 0.3) is 5.69 Å². The van der Waals surface area contributed by atoms with Crippen LogP contribution in [0.5, 0.6) is 0 Å². The molecule has 1 amide bonds. The van der Waals surface area contributed by atoms with E-state index in [0.29, 0.717) is 11.4 Å². The zero-order valence-corrected chi connectivity index (χ0v) is 11.8. The van der Waals surface area contributed by atoms with Crippen LogP contribution in [-0.2, 0) is 0 Å². The number of primary amides is 1. The first kappa shape index (κ1) is 14.4. The van der Waals surface area contributed by atoms with Crippen LogP contribution in [0.2, 0.25) is 0 Å². The number of hydrogen-bond acceptors (Lipinski definition) is 6. The van der Waals surface area contributed by atoms with Crippen molar-refractivity contribution in [1.29, 1.82) is 0 Å². The van der Waals surface area contributed by atoms with Crippen molar-refractivity contribution in [2.24, 2.45) is 5.73 Å². The maximum atomic E-state index is 14.0. The minimum atomic E-state index is -0.841. The summed E-state index contributed by atoms with van der Waals surface area (Å²) >= 11 is 0. The van der Waals surface area contributed by atoms with Gasteiger partial charge in [0.25, 0.3) is 5.91 Å². The fourth-order valence-corrected chi connectivity index (χ4v) is 1.98. The Labute approximate surface area is 129 Å². The molecule has 9 heteroatoms. The summed E-state index contributed by atoms with van der Waals surface area (Å²) in [5, 5.41) is 10.8. The molecule has 2 aromatic heterocycles. The fourth-order valence-electron chi connectivity index (χ4n) is 1.98. The number of nitrogens with two attached hydrogens (primary N) is 2. The predicted molar refractivity (Wildman–Crippen MR) is 81.8 cm³/mol. The van der Waals surface area contributed by atoms with Gasteiger partial charge in [0.05, 0.1) is 23.6 Å². The Bertz CT molecular complexity index is 864. The highest BCUT2D eigenvalue weighted by Gasteiger charge is 2.14. The average molecular weight is 313 g/mol. The molecule has 0 aliphatic heterocycles. The summed E-state index contributed by atoms with van der Waals surface area (Å²) in [5.41, 5.74) is 11.8. The summed E-state index contributed by atoms with van der Waals surface area (Å²) in [5.74, 6) is -1.84. The molecule has 0 spiro atoms. The first-order valence-electron chi connectivity index (χ1n) is 6.54. The molecule has 0 aliphatic carbocycles. The van der Waals surface area contributed by atoms with Crippen LogP contribution in [0.4, 0.5) is 21.7 Å². The second kappa shape index (κ2) is 5.72. The van der Waals surface area contributed by atoms with Crippen molar-refractivity contribution in [2.45, 2.75) is 0 Å². The number of nitrogens with one attached hydrogen (secondary N) is 1. The zero-order chi connectivity index (χ0) is 16.4. The molecule has 3 aromatic rings. The number of carbonyl (C=O) groups is 1. The smallest absolute Gasteiger partial charge is 0.252 e. The summed E-state index contributed by atoms with van der Waals surface area (Å²) < 4.78 is 14.0. The highest BCUT2D eigenvalue weighted by molar-refractivity contribution is 5.97. The van der Waals surface area contributed by atoms with E-state index in [2.05, 4.69) is 20.5 Å². The van der Waals surface area contributed by atoms with Crippen LogP contribution >= 0.6 is 0 Å². The van der Waals surface area contributed by atoms with E-state index in [1.807, 2.05) is 0 Å². The lowest BCUT2D eigenvalue weighted by atomic mass is 10.2. The Balaban J connectivity index is 1.92. The highest BCUT2D eigenvalue weighted by Crippen LogP contribution is 2.23. The number of anilines is 3. The van der Waals surface area contributed by atoms with Crippen molar-refractivity contribution in [2.75, 3.05) is 11.1 Å². The summed E-state index contributed by atoms with van der Waals surface area (Å²) in [7, 11) is 0. The van der Waals surface area contributed by atoms with Crippen LogP contribution in [0.1, 0.15) is 10.4 Å². The minimum absolute atomic E-state index is 0.113. The van der Waals surface area contributed by atoms with Gasteiger partial charge >= 0.3 is 0 Å². The van der Waals surface area contributed by atoms with Crippen molar-refractivity contribution in [3.05, 3.63) is 54.1 Å². The lowest BCUT2D eigenvalue weighted by molar-refractivity contribution is 0.100. The van der Waals surface area contributed by atoms with Gasteiger partial charge in [-0.05, 0) is 24.3 Å². The molecule has 23 heavy (non-hydrogen) atoms. The van der Waals surface area contributed by atoms with Crippen molar-refractivity contribution in [3.8, 4) is 5.69 Å². The Morgan fingerprint density at radius 1 is 1.22 bits per heavy atom. The van der Waals surface area contributed by atoms with Gasteiger partial charge in [-0.2, -0.15) is 15.0 Å². The first-order valence-corrected chi connectivity index (χ1v) is 6.54. The van der Waals surface area contributed by atoms with Crippen LogP contribution in [0.15, 0.2) is 42.7 Å². The van der Waals surface area contributed by atoms with E-state index in [1.165, 1.54) is 4.80 Å². The Morgan fingerprint density at radius 2 is 1.96 bits per heavy atom. The average Bonchev–Trinajstić information content (AvgIpc) is 3.05. The zero-order valence-electron chi connectivity index (χ0n) is 11.8. The van der Waals surface area contributed by atoms with Crippen molar-refractivity contribution in [3.63, 3.8) is 0 Å². The van der Waals surface area contributed by atoms with Gasteiger partial charge in [-0.3, -0.25) is 4.79 Å². The summed E-state index contributed by atoms with van der Waals surface area (Å²) in [6.45, 7) is 0. The number of rotatable bonds is 4. The number of hydrogen-bond donors (Lipinski definition) is 3. The van der Waals surface area contributed by atoms with Gasteiger partial charge < -0.3 is 16.8 Å². The van der Waals surface area contributed by atoms with E-state index < -0.39 is 11.7 Å². The number of nitrogen functional groups attached to an aromatic ring is 1. The molecule has 0 saturated carbocycles. The molecule has 1 aromatic carbocycles. The Morgan fingerprint density at radius 3 is 2.65 bits per heavy atom. The third-order valence-corrected chi connectivity index (χ3v) is 3.03.